The maximum absolute atomic E-state index is 12.3. The second-order valence-corrected chi connectivity index (χ2v) is 7.95. The lowest BCUT2D eigenvalue weighted by Gasteiger charge is -2.35. The van der Waals surface area contributed by atoms with Crippen molar-refractivity contribution >= 4 is 18.4 Å². The van der Waals surface area contributed by atoms with Crippen LogP contribution in [0.1, 0.15) is 51.9 Å². The second-order valence-electron chi connectivity index (χ2n) is 7.95. The average molecular weight is 383 g/mol. The topological polar surface area (TPSA) is 110 Å². The molecular formula is C19H33N3O5. The highest BCUT2D eigenvalue weighted by atomic mass is 16.4. The minimum Gasteiger partial charge on any atom is -0.465 e. The first-order chi connectivity index (χ1) is 12.9. The average Bonchev–Trinajstić information content (AvgIpc) is 2.70. The van der Waals surface area contributed by atoms with Crippen molar-refractivity contribution in [1.82, 2.24) is 15.1 Å². The molecule has 1 aliphatic carbocycles. The number of carbonyl (C=O) groups excluding carboxylic acids is 2. The largest absolute Gasteiger partial charge is 0.465 e. The molecule has 27 heavy (non-hydrogen) atoms. The van der Waals surface area contributed by atoms with Crippen molar-refractivity contribution in [2.45, 2.75) is 64.0 Å². The summed E-state index contributed by atoms with van der Waals surface area (Å²) in [5.41, 5.74) is 0. The molecule has 1 saturated carbocycles. The van der Waals surface area contributed by atoms with Crippen LogP contribution in [-0.2, 0) is 9.59 Å². The number of hydrogen-bond acceptors (Lipinski definition) is 4. The van der Waals surface area contributed by atoms with E-state index < -0.39 is 24.1 Å². The molecule has 2 fully saturated rings. The molecule has 0 bridgehead atoms. The van der Waals surface area contributed by atoms with Crippen LogP contribution in [-0.4, -0.2) is 76.7 Å². The molecule has 2 aliphatic rings. The Morgan fingerprint density at radius 1 is 1.15 bits per heavy atom. The molecular weight excluding hydrogens is 350 g/mol. The summed E-state index contributed by atoms with van der Waals surface area (Å²) in [5.74, 6) is 0.221. The molecule has 8 heteroatoms. The molecule has 0 radical (unpaired) electrons. The Morgan fingerprint density at radius 2 is 1.78 bits per heavy atom. The van der Waals surface area contributed by atoms with Gasteiger partial charge in [-0.15, -0.1) is 0 Å². The SMILES string of the molecule is CC(C(O)C(=O)NCC1CCCCC1)N(C=O)CC1CCN(C(=O)O)CC1. The van der Waals surface area contributed by atoms with Crippen LogP contribution in [0.15, 0.2) is 0 Å². The van der Waals surface area contributed by atoms with Crippen LogP contribution in [0.2, 0.25) is 0 Å². The molecule has 0 aromatic heterocycles. The van der Waals surface area contributed by atoms with Gasteiger partial charge in [-0.2, -0.15) is 0 Å². The molecule has 1 saturated heterocycles. The number of nitrogens with one attached hydrogen (secondary N) is 1. The normalized spacial score (nSPS) is 21.3. The molecule has 2 atom stereocenters. The summed E-state index contributed by atoms with van der Waals surface area (Å²) in [5, 5.41) is 22.2. The van der Waals surface area contributed by atoms with Crippen LogP contribution in [0.25, 0.3) is 0 Å². The summed E-state index contributed by atoms with van der Waals surface area (Å²) >= 11 is 0. The summed E-state index contributed by atoms with van der Waals surface area (Å²) in [7, 11) is 0. The van der Waals surface area contributed by atoms with Crippen molar-refractivity contribution in [1.29, 1.82) is 0 Å². The zero-order valence-corrected chi connectivity index (χ0v) is 16.2. The van der Waals surface area contributed by atoms with Crippen LogP contribution >= 0.6 is 0 Å². The lowest BCUT2D eigenvalue weighted by molar-refractivity contribution is -0.135. The van der Waals surface area contributed by atoms with E-state index in [0.717, 1.165) is 12.8 Å². The van der Waals surface area contributed by atoms with Crippen molar-refractivity contribution < 1.29 is 24.6 Å². The van der Waals surface area contributed by atoms with E-state index in [-0.39, 0.29) is 5.92 Å². The third-order valence-corrected chi connectivity index (χ3v) is 6.03. The van der Waals surface area contributed by atoms with Crippen molar-refractivity contribution in [3.8, 4) is 0 Å². The van der Waals surface area contributed by atoms with Gasteiger partial charge in [0, 0.05) is 26.2 Å². The number of likely N-dealkylation sites (tertiary alicyclic amines) is 1. The predicted molar refractivity (Wildman–Crippen MR) is 100 cm³/mol. The highest BCUT2D eigenvalue weighted by molar-refractivity contribution is 5.81. The highest BCUT2D eigenvalue weighted by Crippen LogP contribution is 2.23. The summed E-state index contributed by atoms with van der Waals surface area (Å²) in [6, 6.07) is -0.619. The first kappa shape index (κ1) is 21.5. The zero-order valence-electron chi connectivity index (χ0n) is 16.2. The van der Waals surface area contributed by atoms with Gasteiger partial charge in [0.15, 0.2) is 6.10 Å². The molecule has 2 rings (SSSR count). The number of aliphatic hydroxyl groups excluding tert-OH is 1. The lowest BCUT2D eigenvalue weighted by atomic mass is 9.89. The predicted octanol–water partition coefficient (Wildman–Crippen LogP) is 1.28. The Labute approximate surface area is 160 Å². The fourth-order valence-electron chi connectivity index (χ4n) is 4.05. The number of hydrogen-bond donors (Lipinski definition) is 3. The van der Waals surface area contributed by atoms with Gasteiger partial charge in [-0.1, -0.05) is 19.3 Å². The van der Waals surface area contributed by atoms with Gasteiger partial charge in [0.25, 0.3) is 5.91 Å². The standard InChI is InChI=1S/C19H33N3O5/c1-14(17(24)18(25)20-11-15-5-3-2-4-6-15)22(13-23)12-16-7-9-21(10-8-16)19(26)27/h13-17,24H,2-12H2,1H3,(H,20,25)(H,26,27). The van der Waals surface area contributed by atoms with Gasteiger partial charge in [-0.3, -0.25) is 9.59 Å². The van der Waals surface area contributed by atoms with E-state index in [1.807, 2.05) is 0 Å². The van der Waals surface area contributed by atoms with E-state index in [4.69, 9.17) is 5.11 Å². The van der Waals surface area contributed by atoms with E-state index in [1.54, 1.807) is 6.92 Å². The van der Waals surface area contributed by atoms with E-state index in [2.05, 4.69) is 5.32 Å². The third kappa shape index (κ3) is 6.37. The van der Waals surface area contributed by atoms with Gasteiger partial charge in [0.05, 0.1) is 6.04 Å². The Morgan fingerprint density at radius 3 is 2.33 bits per heavy atom. The number of nitrogens with zero attached hydrogens (tertiary/aromatic N) is 2. The first-order valence-corrected chi connectivity index (χ1v) is 10.1. The van der Waals surface area contributed by atoms with Gasteiger partial charge in [0.1, 0.15) is 0 Å². The molecule has 0 spiro atoms. The van der Waals surface area contributed by atoms with E-state index in [0.29, 0.717) is 51.3 Å². The van der Waals surface area contributed by atoms with E-state index in [1.165, 1.54) is 29.1 Å². The fraction of sp³-hybridized carbons (Fsp3) is 0.842. The van der Waals surface area contributed by atoms with Crippen LogP contribution in [0, 0.1) is 11.8 Å². The molecule has 154 valence electrons. The van der Waals surface area contributed by atoms with Crippen molar-refractivity contribution in [3.05, 3.63) is 0 Å². The van der Waals surface area contributed by atoms with Gasteiger partial charge in [0.2, 0.25) is 6.41 Å². The second kappa shape index (κ2) is 10.5. The Bertz CT molecular complexity index is 502. The monoisotopic (exact) mass is 383 g/mol. The molecule has 2 unspecified atom stereocenters. The molecule has 1 heterocycles. The van der Waals surface area contributed by atoms with Crippen LogP contribution in [0.4, 0.5) is 4.79 Å². The number of amides is 3. The van der Waals surface area contributed by atoms with Crippen molar-refractivity contribution in [2.24, 2.45) is 11.8 Å². The number of aliphatic hydroxyl groups is 1. The Hall–Kier alpha value is -1.83. The summed E-state index contributed by atoms with van der Waals surface area (Å²) in [6.45, 7) is 3.57. The number of rotatable bonds is 8. The molecule has 3 amide bonds. The Balaban J connectivity index is 1.78. The summed E-state index contributed by atoms with van der Waals surface area (Å²) in [4.78, 5) is 37.6. The summed E-state index contributed by atoms with van der Waals surface area (Å²) < 4.78 is 0. The highest BCUT2D eigenvalue weighted by Gasteiger charge is 2.30. The maximum atomic E-state index is 12.3. The van der Waals surface area contributed by atoms with Crippen LogP contribution in [0.5, 0.6) is 0 Å². The Kier molecular flexibility index (Phi) is 8.34. The van der Waals surface area contributed by atoms with Crippen LogP contribution < -0.4 is 5.32 Å². The molecule has 1 aliphatic heterocycles. The number of carboxylic acid groups (broad SMARTS) is 1. The van der Waals surface area contributed by atoms with Gasteiger partial charge in [-0.05, 0) is 44.4 Å². The number of piperidine rings is 1. The number of carbonyl (C=O) groups is 3. The molecule has 8 nitrogen and oxygen atoms in total. The molecule has 3 N–H and O–H groups in total. The first-order valence-electron chi connectivity index (χ1n) is 10.1. The fourth-order valence-corrected chi connectivity index (χ4v) is 4.05. The van der Waals surface area contributed by atoms with Crippen LogP contribution in [0.3, 0.4) is 0 Å². The van der Waals surface area contributed by atoms with Crippen molar-refractivity contribution in [2.75, 3.05) is 26.2 Å². The molecule has 0 aromatic rings. The smallest absolute Gasteiger partial charge is 0.407 e. The quantitative estimate of drug-likeness (QED) is 0.547. The third-order valence-electron chi connectivity index (χ3n) is 6.03. The molecule has 0 aromatic carbocycles. The van der Waals surface area contributed by atoms with E-state index in [9.17, 15) is 19.5 Å². The minimum atomic E-state index is -1.27. The van der Waals surface area contributed by atoms with Gasteiger partial charge < -0.3 is 25.3 Å². The summed E-state index contributed by atoms with van der Waals surface area (Å²) in [6.07, 6.45) is 5.70. The minimum absolute atomic E-state index is 0.172. The lowest BCUT2D eigenvalue weighted by Crippen LogP contribution is -2.51. The van der Waals surface area contributed by atoms with Gasteiger partial charge >= 0.3 is 6.09 Å². The van der Waals surface area contributed by atoms with E-state index >= 15 is 0 Å². The zero-order chi connectivity index (χ0) is 19.8. The maximum Gasteiger partial charge on any atom is 0.407 e. The van der Waals surface area contributed by atoms with Crippen molar-refractivity contribution in [3.63, 3.8) is 0 Å². The van der Waals surface area contributed by atoms with Gasteiger partial charge in [-0.25, -0.2) is 4.79 Å².